The normalized spacial score (nSPS) is 13.3. The van der Waals surface area contributed by atoms with Crippen molar-refractivity contribution in [3.05, 3.63) is 94.8 Å². The van der Waals surface area contributed by atoms with Crippen molar-refractivity contribution in [2.45, 2.75) is 0 Å². The largest absolute Gasteiger partial charge is 0.497 e. The fourth-order valence-corrected chi connectivity index (χ4v) is 4.05. The zero-order valence-electron chi connectivity index (χ0n) is 19.5. The van der Waals surface area contributed by atoms with Gasteiger partial charge in [-0.3, -0.25) is 14.4 Å². The number of halogens is 1. The topological polar surface area (TPSA) is 76.2 Å². The third-order valence-electron chi connectivity index (χ3n) is 6.00. The van der Waals surface area contributed by atoms with Gasteiger partial charge in [-0.15, -0.1) is 0 Å². The molecule has 0 aliphatic carbocycles. The van der Waals surface area contributed by atoms with Gasteiger partial charge in [0.2, 0.25) is 0 Å². The molecule has 1 aliphatic heterocycles. The number of nitrogens with zero attached hydrogens (tertiary/aromatic N) is 2. The van der Waals surface area contributed by atoms with E-state index in [1.54, 1.807) is 52.3 Å². The molecule has 0 bridgehead atoms. The van der Waals surface area contributed by atoms with Gasteiger partial charge in [0.1, 0.15) is 17.3 Å². The molecule has 1 saturated heterocycles. The van der Waals surface area contributed by atoms with Crippen LogP contribution in [0.25, 0.3) is 0 Å². The van der Waals surface area contributed by atoms with E-state index in [0.717, 1.165) is 0 Å². The van der Waals surface area contributed by atoms with Crippen LogP contribution >= 0.6 is 0 Å². The number of ether oxygens (including phenoxy) is 2. The quantitative estimate of drug-likeness (QED) is 0.508. The summed E-state index contributed by atoms with van der Waals surface area (Å²) >= 11 is 0. The molecule has 0 unspecified atom stereocenters. The van der Waals surface area contributed by atoms with Crippen molar-refractivity contribution in [3.63, 3.8) is 0 Å². The van der Waals surface area contributed by atoms with Crippen LogP contribution in [0.5, 0.6) is 11.5 Å². The lowest BCUT2D eigenvalue weighted by molar-refractivity contribution is 0.0532. The number of hydrogen-bond acceptors (Lipinski definition) is 5. The number of hydrogen-bond donors (Lipinski definition) is 0. The minimum Gasteiger partial charge on any atom is -0.497 e. The molecular formula is C27H25FN2O5. The van der Waals surface area contributed by atoms with E-state index in [0.29, 0.717) is 48.8 Å². The Hall–Kier alpha value is -4.20. The molecule has 2 amide bonds. The summed E-state index contributed by atoms with van der Waals surface area (Å²) in [7, 11) is 3.03. The molecule has 3 aromatic carbocycles. The van der Waals surface area contributed by atoms with Gasteiger partial charge in [0.25, 0.3) is 11.8 Å². The van der Waals surface area contributed by atoms with E-state index < -0.39 is 5.82 Å². The summed E-state index contributed by atoms with van der Waals surface area (Å²) < 4.78 is 23.8. The van der Waals surface area contributed by atoms with Gasteiger partial charge in [-0.2, -0.15) is 0 Å². The Labute approximate surface area is 202 Å². The molecular weight excluding hydrogens is 451 g/mol. The Morgan fingerprint density at radius 1 is 0.714 bits per heavy atom. The lowest BCUT2D eigenvalue weighted by atomic mass is 9.97. The zero-order valence-corrected chi connectivity index (χ0v) is 19.5. The van der Waals surface area contributed by atoms with E-state index >= 15 is 0 Å². The molecule has 3 aromatic rings. The number of methoxy groups -OCH3 is 2. The molecule has 1 aliphatic rings. The summed E-state index contributed by atoms with van der Waals surface area (Å²) in [6.07, 6.45) is 0. The van der Waals surface area contributed by atoms with E-state index in [2.05, 4.69) is 0 Å². The van der Waals surface area contributed by atoms with Crippen molar-refractivity contribution in [1.82, 2.24) is 9.80 Å². The molecule has 0 spiro atoms. The molecule has 35 heavy (non-hydrogen) atoms. The van der Waals surface area contributed by atoms with Gasteiger partial charge in [-0.25, -0.2) is 4.39 Å². The first-order valence-corrected chi connectivity index (χ1v) is 11.1. The first-order chi connectivity index (χ1) is 16.9. The maximum absolute atomic E-state index is 13.3. The Morgan fingerprint density at radius 3 is 1.86 bits per heavy atom. The summed E-state index contributed by atoms with van der Waals surface area (Å²) in [5, 5.41) is 0. The fraction of sp³-hybridized carbons (Fsp3) is 0.222. The van der Waals surface area contributed by atoms with Crippen LogP contribution < -0.4 is 9.47 Å². The Morgan fingerprint density at radius 2 is 1.29 bits per heavy atom. The van der Waals surface area contributed by atoms with Crippen molar-refractivity contribution >= 4 is 17.6 Å². The second-order valence-corrected chi connectivity index (χ2v) is 8.03. The van der Waals surface area contributed by atoms with Crippen molar-refractivity contribution in [3.8, 4) is 11.5 Å². The number of carbonyl (C=O) groups is 3. The molecule has 180 valence electrons. The predicted molar refractivity (Wildman–Crippen MR) is 128 cm³/mol. The van der Waals surface area contributed by atoms with Crippen molar-refractivity contribution in [2.75, 3.05) is 40.4 Å². The van der Waals surface area contributed by atoms with Crippen LogP contribution in [0, 0.1) is 5.82 Å². The second-order valence-electron chi connectivity index (χ2n) is 8.03. The Balaban J connectivity index is 1.47. The molecule has 1 heterocycles. The van der Waals surface area contributed by atoms with Gasteiger partial charge in [0, 0.05) is 43.4 Å². The van der Waals surface area contributed by atoms with Crippen molar-refractivity contribution in [1.29, 1.82) is 0 Å². The van der Waals surface area contributed by atoms with Gasteiger partial charge in [0.15, 0.2) is 5.78 Å². The molecule has 0 radical (unpaired) electrons. The number of carbonyl (C=O) groups excluding carboxylic acids is 3. The van der Waals surface area contributed by atoms with Gasteiger partial charge in [-0.1, -0.05) is 18.2 Å². The molecule has 0 N–H and O–H groups in total. The molecule has 0 aromatic heterocycles. The van der Waals surface area contributed by atoms with Crippen LogP contribution in [0.15, 0.2) is 66.7 Å². The maximum atomic E-state index is 13.3. The highest BCUT2D eigenvalue weighted by Gasteiger charge is 2.29. The molecule has 0 saturated carbocycles. The van der Waals surface area contributed by atoms with Crippen LogP contribution in [-0.2, 0) is 0 Å². The minimum atomic E-state index is -0.439. The van der Waals surface area contributed by atoms with Crippen LogP contribution in [0.2, 0.25) is 0 Å². The standard InChI is InChI=1S/C27H25FN2O5/c1-34-20-11-12-23(24(17-20)35-2)27(33)30-15-13-29(14-16-30)26(32)22-6-4-3-5-21(22)25(31)18-7-9-19(28)10-8-18/h3-12,17H,13-16H2,1-2H3. The molecule has 7 nitrogen and oxygen atoms in total. The smallest absolute Gasteiger partial charge is 0.257 e. The fourth-order valence-electron chi connectivity index (χ4n) is 4.05. The van der Waals surface area contributed by atoms with E-state index in [-0.39, 0.29) is 28.7 Å². The van der Waals surface area contributed by atoms with Crippen LogP contribution in [0.4, 0.5) is 4.39 Å². The number of piperazine rings is 1. The van der Waals surface area contributed by atoms with Crippen LogP contribution in [-0.4, -0.2) is 67.8 Å². The SMILES string of the molecule is COc1ccc(C(=O)N2CCN(C(=O)c3ccccc3C(=O)c3ccc(F)cc3)CC2)c(OC)c1. The number of ketones is 1. The highest BCUT2D eigenvalue weighted by atomic mass is 19.1. The van der Waals surface area contributed by atoms with Crippen molar-refractivity contribution < 1.29 is 28.2 Å². The van der Waals surface area contributed by atoms with Crippen LogP contribution in [0.3, 0.4) is 0 Å². The lowest BCUT2D eigenvalue weighted by Gasteiger charge is -2.35. The lowest BCUT2D eigenvalue weighted by Crippen LogP contribution is -2.50. The Bertz CT molecular complexity index is 1250. The first kappa shape index (κ1) is 23.9. The first-order valence-electron chi connectivity index (χ1n) is 11.1. The van der Waals surface area contributed by atoms with E-state index in [9.17, 15) is 18.8 Å². The molecule has 8 heteroatoms. The number of rotatable bonds is 6. The van der Waals surface area contributed by atoms with Gasteiger partial charge < -0.3 is 19.3 Å². The zero-order chi connectivity index (χ0) is 24.9. The van der Waals surface area contributed by atoms with E-state index in [1.807, 2.05) is 0 Å². The summed E-state index contributed by atoms with van der Waals surface area (Å²) in [5.41, 5.74) is 1.25. The van der Waals surface area contributed by atoms with Gasteiger partial charge in [-0.05, 0) is 42.5 Å². The van der Waals surface area contributed by atoms with E-state index in [1.165, 1.54) is 38.5 Å². The maximum Gasteiger partial charge on any atom is 0.257 e. The molecule has 1 fully saturated rings. The van der Waals surface area contributed by atoms with Gasteiger partial charge in [0.05, 0.1) is 25.3 Å². The Kier molecular flexibility index (Phi) is 7.10. The van der Waals surface area contributed by atoms with Crippen LogP contribution in [0.1, 0.15) is 36.6 Å². The average molecular weight is 477 g/mol. The highest BCUT2D eigenvalue weighted by Crippen LogP contribution is 2.26. The summed E-state index contributed by atoms with van der Waals surface area (Å²) in [5.74, 6) is -0.266. The summed E-state index contributed by atoms with van der Waals surface area (Å²) in [6, 6.07) is 16.8. The average Bonchev–Trinajstić information content (AvgIpc) is 2.92. The monoisotopic (exact) mass is 476 g/mol. The highest BCUT2D eigenvalue weighted by molar-refractivity contribution is 6.15. The minimum absolute atomic E-state index is 0.191. The second kappa shape index (κ2) is 10.4. The summed E-state index contributed by atoms with van der Waals surface area (Å²) in [6.45, 7) is 1.33. The third-order valence-corrected chi connectivity index (χ3v) is 6.00. The summed E-state index contributed by atoms with van der Waals surface area (Å²) in [4.78, 5) is 42.7. The van der Waals surface area contributed by atoms with E-state index in [4.69, 9.17) is 9.47 Å². The predicted octanol–water partition coefficient (Wildman–Crippen LogP) is 3.67. The van der Waals surface area contributed by atoms with Crippen molar-refractivity contribution in [2.24, 2.45) is 0 Å². The molecule has 0 atom stereocenters. The molecule has 4 rings (SSSR count). The number of benzene rings is 3. The van der Waals surface area contributed by atoms with Gasteiger partial charge >= 0.3 is 0 Å². The number of amides is 2. The third kappa shape index (κ3) is 5.01.